The van der Waals surface area contributed by atoms with Crippen molar-refractivity contribution in [2.45, 2.75) is 31.7 Å². The van der Waals surface area contributed by atoms with E-state index in [-0.39, 0.29) is 5.91 Å². The summed E-state index contributed by atoms with van der Waals surface area (Å²) in [7, 11) is 0. The van der Waals surface area contributed by atoms with Gasteiger partial charge in [0, 0.05) is 6.42 Å². The Morgan fingerprint density at radius 3 is 2.64 bits per heavy atom. The maximum Gasteiger partial charge on any atom is 0.329 e. The number of carboxylic acid groups (broad SMARTS) is 1. The van der Waals surface area contributed by atoms with Crippen molar-refractivity contribution in [1.82, 2.24) is 5.32 Å². The van der Waals surface area contributed by atoms with Crippen LogP contribution in [0.3, 0.4) is 0 Å². The first-order valence-corrected chi connectivity index (χ1v) is 3.65. The number of aliphatic carboxylic acids is 1. The Balaban J connectivity index is 2.78. The molecule has 11 heavy (non-hydrogen) atoms. The van der Waals surface area contributed by atoms with Gasteiger partial charge < -0.3 is 10.4 Å². The zero-order valence-corrected chi connectivity index (χ0v) is 6.39. The van der Waals surface area contributed by atoms with Crippen molar-refractivity contribution in [2.24, 2.45) is 0 Å². The molecule has 0 aromatic carbocycles. The van der Waals surface area contributed by atoms with Crippen molar-refractivity contribution < 1.29 is 14.7 Å². The van der Waals surface area contributed by atoms with Gasteiger partial charge in [0.15, 0.2) is 0 Å². The van der Waals surface area contributed by atoms with Crippen molar-refractivity contribution in [3.8, 4) is 0 Å². The van der Waals surface area contributed by atoms with Crippen LogP contribution in [0.15, 0.2) is 0 Å². The van der Waals surface area contributed by atoms with Gasteiger partial charge in [-0.3, -0.25) is 4.79 Å². The standard InChI is InChI=1S/C7H11NO3/c1-2-7(6(10)11)4-3-5(9)8-7/h2-4H2,1H3,(H,8,9)(H,10,11). The highest BCUT2D eigenvalue weighted by molar-refractivity contribution is 5.90. The third kappa shape index (κ3) is 1.20. The van der Waals surface area contributed by atoms with Crippen molar-refractivity contribution in [1.29, 1.82) is 0 Å². The molecule has 4 heteroatoms. The Kier molecular flexibility index (Phi) is 1.85. The molecule has 1 heterocycles. The minimum absolute atomic E-state index is 0.158. The van der Waals surface area contributed by atoms with Crippen molar-refractivity contribution in [2.75, 3.05) is 0 Å². The molecular weight excluding hydrogens is 146 g/mol. The van der Waals surface area contributed by atoms with E-state index >= 15 is 0 Å². The lowest BCUT2D eigenvalue weighted by atomic mass is 9.95. The molecule has 0 saturated carbocycles. The fourth-order valence-electron chi connectivity index (χ4n) is 1.30. The minimum Gasteiger partial charge on any atom is -0.480 e. The summed E-state index contributed by atoms with van der Waals surface area (Å²) >= 11 is 0. The molecular formula is C7H11NO3. The predicted octanol–water partition coefficient (Wildman–Crippen LogP) is 0.130. The molecule has 0 radical (unpaired) electrons. The molecule has 2 N–H and O–H groups in total. The zero-order valence-electron chi connectivity index (χ0n) is 6.39. The first kappa shape index (κ1) is 8.04. The molecule has 0 aromatic rings. The molecule has 1 unspecified atom stereocenters. The monoisotopic (exact) mass is 157 g/mol. The first-order chi connectivity index (χ1) is 5.10. The van der Waals surface area contributed by atoms with Gasteiger partial charge in [0.2, 0.25) is 5.91 Å². The van der Waals surface area contributed by atoms with E-state index in [4.69, 9.17) is 5.11 Å². The van der Waals surface area contributed by atoms with Gasteiger partial charge in [0.05, 0.1) is 0 Å². The van der Waals surface area contributed by atoms with Gasteiger partial charge in [0.25, 0.3) is 0 Å². The fraction of sp³-hybridized carbons (Fsp3) is 0.714. The normalized spacial score (nSPS) is 30.1. The van der Waals surface area contributed by atoms with Gasteiger partial charge in [0.1, 0.15) is 5.54 Å². The van der Waals surface area contributed by atoms with Crippen LogP contribution in [-0.4, -0.2) is 22.5 Å². The Labute approximate surface area is 64.6 Å². The van der Waals surface area contributed by atoms with Crippen LogP contribution in [0.2, 0.25) is 0 Å². The van der Waals surface area contributed by atoms with Gasteiger partial charge in [-0.1, -0.05) is 6.92 Å². The summed E-state index contributed by atoms with van der Waals surface area (Å²) in [5.41, 5.74) is -0.975. The van der Waals surface area contributed by atoms with E-state index in [1.54, 1.807) is 6.92 Å². The molecule has 1 aliphatic rings. The van der Waals surface area contributed by atoms with Crippen LogP contribution in [0.4, 0.5) is 0 Å². The third-order valence-electron chi connectivity index (χ3n) is 2.17. The quantitative estimate of drug-likeness (QED) is 0.598. The van der Waals surface area contributed by atoms with E-state index in [0.717, 1.165) is 0 Å². The van der Waals surface area contributed by atoms with Crippen molar-refractivity contribution in [3.63, 3.8) is 0 Å². The number of hydrogen-bond acceptors (Lipinski definition) is 2. The second kappa shape index (κ2) is 2.53. The maximum absolute atomic E-state index is 10.7. The zero-order chi connectivity index (χ0) is 8.48. The molecule has 0 aliphatic carbocycles. The average Bonchev–Trinajstić information content (AvgIpc) is 2.33. The largest absolute Gasteiger partial charge is 0.480 e. The van der Waals surface area contributed by atoms with Crippen LogP contribution in [0.25, 0.3) is 0 Å². The van der Waals surface area contributed by atoms with Gasteiger partial charge in [-0.05, 0) is 12.8 Å². The number of rotatable bonds is 2. The molecule has 1 fully saturated rings. The van der Waals surface area contributed by atoms with Crippen molar-refractivity contribution >= 4 is 11.9 Å². The number of carbonyl (C=O) groups is 2. The number of amides is 1. The second-order valence-electron chi connectivity index (χ2n) is 2.79. The molecule has 1 aliphatic heterocycles. The summed E-state index contributed by atoms with van der Waals surface area (Å²) in [6.07, 6.45) is 1.20. The smallest absolute Gasteiger partial charge is 0.329 e. The number of carboxylic acids is 1. The van der Waals surface area contributed by atoms with Gasteiger partial charge in [-0.2, -0.15) is 0 Å². The molecule has 1 atom stereocenters. The molecule has 0 spiro atoms. The van der Waals surface area contributed by atoms with E-state index in [1.807, 2.05) is 0 Å². The SMILES string of the molecule is CCC1(C(=O)O)CCC(=O)N1. The van der Waals surface area contributed by atoms with Crippen LogP contribution in [-0.2, 0) is 9.59 Å². The lowest BCUT2D eigenvalue weighted by molar-refractivity contribution is -0.145. The highest BCUT2D eigenvalue weighted by atomic mass is 16.4. The molecule has 1 amide bonds. The summed E-state index contributed by atoms with van der Waals surface area (Å²) in [6.45, 7) is 1.76. The highest BCUT2D eigenvalue weighted by Gasteiger charge is 2.42. The van der Waals surface area contributed by atoms with Crippen LogP contribution in [0.5, 0.6) is 0 Å². The second-order valence-corrected chi connectivity index (χ2v) is 2.79. The molecule has 0 aromatic heterocycles. The maximum atomic E-state index is 10.7. The van der Waals surface area contributed by atoms with E-state index in [1.165, 1.54) is 0 Å². The third-order valence-corrected chi connectivity index (χ3v) is 2.17. The van der Waals surface area contributed by atoms with E-state index < -0.39 is 11.5 Å². The number of carbonyl (C=O) groups excluding carboxylic acids is 1. The van der Waals surface area contributed by atoms with Crippen molar-refractivity contribution in [3.05, 3.63) is 0 Å². The van der Waals surface area contributed by atoms with E-state index in [9.17, 15) is 9.59 Å². The van der Waals surface area contributed by atoms with Crippen LogP contribution in [0.1, 0.15) is 26.2 Å². The van der Waals surface area contributed by atoms with E-state index in [2.05, 4.69) is 5.32 Å². The van der Waals surface area contributed by atoms with E-state index in [0.29, 0.717) is 19.3 Å². The molecule has 4 nitrogen and oxygen atoms in total. The van der Waals surface area contributed by atoms with Gasteiger partial charge in [-0.25, -0.2) is 4.79 Å². The lowest BCUT2D eigenvalue weighted by Crippen LogP contribution is -2.48. The number of hydrogen-bond donors (Lipinski definition) is 2. The molecule has 1 rings (SSSR count). The topological polar surface area (TPSA) is 66.4 Å². The minimum atomic E-state index is -0.975. The number of nitrogens with one attached hydrogen (secondary N) is 1. The highest BCUT2D eigenvalue weighted by Crippen LogP contribution is 2.23. The van der Waals surface area contributed by atoms with Gasteiger partial charge >= 0.3 is 5.97 Å². The molecule has 1 saturated heterocycles. The van der Waals surface area contributed by atoms with Crippen LogP contribution < -0.4 is 5.32 Å². The fourth-order valence-corrected chi connectivity index (χ4v) is 1.30. The Bertz CT molecular complexity index is 202. The molecule has 62 valence electrons. The predicted molar refractivity (Wildman–Crippen MR) is 38.0 cm³/mol. The Morgan fingerprint density at radius 2 is 2.45 bits per heavy atom. The summed E-state index contributed by atoms with van der Waals surface area (Å²) in [6, 6.07) is 0. The summed E-state index contributed by atoms with van der Waals surface area (Å²) in [4.78, 5) is 21.4. The molecule has 0 bridgehead atoms. The Hall–Kier alpha value is -1.06. The summed E-state index contributed by atoms with van der Waals surface area (Å²) in [5, 5.41) is 11.2. The van der Waals surface area contributed by atoms with Crippen LogP contribution in [0, 0.1) is 0 Å². The average molecular weight is 157 g/mol. The van der Waals surface area contributed by atoms with Gasteiger partial charge in [-0.15, -0.1) is 0 Å². The first-order valence-electron chi connectivity index (χ1n) is 3.65. The Morgan fingerprint density at radius 1 is 1.82 bits per heavy atom. The lowest BCUT2D eigenvalue weighted by Gasteiger charge is -2.21. The summed E-state index contributed by atoms with van der Waals surface area (Å²) < 4.78 is 0. The van der Waals surface area contributed by atoms with Crippen LogP contribution >= 0.6 is 0 Å². The summed E-state index contributed by atoms with van der Waals surface area (Å²) in [5.74, 6) is -1.08.